The Morgan fingerprint density at radius 2 is 1.71 bits per heavy atom. The highest BCUT2D eigenvalue weighted by Gasteiger charge is 2.17. The van der Waals surface area contributed by atoms with Crippen LogP contribution in [0.15, 0.2) is 39.7 Å². The maximum absolute atomic E-state index is 13.3. The quantitative estimate of drug-likeness (QED) is 0.720. The van der Waals surface area contributed by atoms with Crippen LogP contribution in [0.4, 0.5) is 10.1 Å². The van der Waals surface area contributed by atoms with Crippen molar-refractivity contribution in [3.05, 3.63) is 56.2 Å². The lowest BCUT2D eigenvalue weighted by atomic mass is 10.2. The van der Waals surface area contributed by atoms with Gasteiger partial charge in [0, 0.05) is 4.47 Å². The number of aryl methyl sites for hydroxylation is 1. The van der Waals surface area contributed by atoms with Gasteiger partial charge in [0.1, 0.15) is 0 Å². The van der Waals surface area contributed by atoms with Crippen molar-refractivity contribution in [3.8, 4) is 0 Å². The lowest BCUT2D eigenvalue weighted by Crippen LogP contribution is -2.13. The van der Waals surface area contributed by atoms with Gasteiger partial charge in [0.25, 0.3) is 10.0 Å². The third kappa shape index (κ3) is 3.69. The summed E-state index contributed by atoms with van der Waals surface area (Å²) in [5.41, 5.74) is 0.861. The van der Waals surface area contributed by atoms with E-state index in [-0.39, 0.29) is 20.6 Å². The second-order valence-corrected chi connectivity index (χ2v) is 7.62. The molecule has 2 rings (SSSR count). The molecule has 0 unspecified atom stereocenters. The molecule has 2 aromatic rings. The van der Waals surface area contributed by atoms with Crippen LogP contribution in [0.25, 0.3) is 0 Å². The number of hydrogen-bond donors (Lipinski definition) is 1. The Morgan fingerprint density at radius 1 is 1.14 bits per heavy atom. The molecular weight excluding hydrogens is 404 g/mol. The summed E-state index contributed by atoms with van der Waals surface area (Å²) in [6, 6.07) is 6.91. The normalized spacial score (nSPS) is 11.5. The molecule has 0 bridgehead atoms. The molecule has 0 fully saturated rings. The lowest BCUT2D eigenvalue weighted by molar-refractivity contribution is 0.601. The number of halogens is 4. The third-order valence-electron chi connectivity index (χ3n) is 2.68. The van der Waals surface area contributed by atoms with Crippen LogP contribution in [-0.4, -0.2) is 8.42 Å². The van der Waals surface area contributed by atoms with Gasteiger partial charge in [-0.15, -0.1) is 0 Å². The monoisotopic (exact) mass is 411 g/mol. The van der Waals surface area contributed by atoms with Crippen molar-refractivity contribution in [2.45, 2.75) is 11.8 Å². The van der Waals surface area contributed by atoms with Crippen molar-refractivity contribution in [2.75, 3.05) is 4.72 Å². The first-order valence-corrected chi connectivity index (χ1v) is 8.67. The van der Waals surface area contributed by atoms with Crippen LogP contribution in [0.5, 0.6) is 0 Å². The minimum Gasteiger partial charge on any atom is -0.280 e. The van der Waals surface area contributed by atoms with Gasteiger partial charge in [-0.25, -0.2) is 12.8 Å². The Labute approximate surface area is 140 Å². The predicted octanol–water partition coefficient (Wildman–Crippen LogP) is 5.00. The van der Waals surface area contributed by atoms with E-state index in [0.717, 1.165) is 22.2 Å². The first-order valence-electron chi connectivity index (χ1n) is 5.64. The van der Waals surface area contributed by atoms with Crippen LogP contribution >= 0.6 is 39.1 Å². The molecule has 0 aromatic heterocycles. The Hall–Kier alpha value is -0.820. The highest BCUT2D eigenvalue weighted by atomic mass is 79.9. The number of hydrogen-bond acceptors (Lipinski definition) is 2. The van der Waals surface area contributed by atoms with E-state index >= 15 is 0 Å². The number of rotatable bonds is 3. The Bertz CT molecular complexity index is 789. The Balaban J connectivity index is 2.39. The molecule has 8 heteroatoms. The zero-order valence-corrected chi connectivity index (χ0v) is 14.5. The SMILES string of the molecule is Cc1cc(S(=O)(=O)Nc2cc(Cl)c(F)c(Cl)c2)ccc1Br. The zero-order chi connectivity index (χ0) is 15.8. The van der Waals surface area contributed by atoms with E-state index in [2.05, 4.69) is 20.7 Å². The van der Waals surface area contributed by atoms with Crippen molar-refractivity contribution < 1.29 is 12.8 Å². The van der Waals surface area contributed by atoms with Crippen molar-refractivity contribution in [1.29, 1.82) is 0 Å². The molecule has 0 amide bonds. The van der Waals surface area contributed by atoms with E-state index < -0.39 is 15.8 Å². The van der Waals surface area contributed by atoms with Gasteiger partial charge in [-0.3, -0.25) is 4.72 Å². The summed E-state index contributed by atoms with van der Waals surface area (Å²) >= 11 is 14.6. The highest BCUT2D eigenvalue weighted by molar-refractivity contribution is 9.10. The fraction of sp³-hybridized carbons (Fsp3) is 0.0769. The minimum absolute atomic E-state index is 0.0831. The summed E-state index contributed by atoms with van der Waals surface area (Å²) < 4.78 is 41.0. The molecule has 0 saturated carbocycles. The van der Waals surface area contributed by atoms with Crippen LogP contribution in [0.3, 0.4) is 0 Å². The van der Waals surface area contributed by atoms with Gasteiger partial charge >= 0.3 is 0 Å². The van der Waals surface area contributed by atoms with Crippen LogP contribution in [-0.2, 0) is 10.0 Å². The lowest BCUT2D eigenvalue weighted by Gasteiger charge is -2.10. The largest absolute Gasteiger partial charge is 0.280 e. The number of nitrogens with one attached hydrogen (secondary N) is 1. The van der Waals surface area contributed by atoms with Gasteiger partial charge in [0.2, 0.25) is 0 Å². The summed E-state index contributed by atoms with van der Waals surface area (Å²) in [5, 5.41) is -0.514. The van der Waals surface area contributed by atoms with Gasteiger partial charge in [0.05, 0.1) is 20.6 Å². The number of sulfonamides is 1. The predicted molar refractivity (Wildman–Crippen MR) is 86.1 cm³/mol. The Morgan fingerprint density at radius 3 is 2.24 bits per heavy atom. The fourth-order valence-corrected chi connectivity index (χ4v) is 3.47. The van der Waals surface area contributed by atoms with Crippen molar-refractivity contribution in [1.82, 2.24) is 0 Å². The van der Waals surface area contributed by atoms with E-state index in [1.807, 2.05) is 0 Å². The first kappa shape index (κ1) is 16.5. The molecule has 0 radical (unpaired) electrons. The van der Waals surface area contributed by atoms with Gasteiger partial charge in [-0.05, 0) is 42.8 Å². The molecule has 0 heterocycles. The summed E-state index contributed by atoms with van der Waals surface area (Å²) in [6.45, 7) is 1.77. The van der Waals surface area contributed by atoms with Crippen LogP contribution in [0.2, 0.25) is 10.0 Å². The molecule has 1 N–H and O–H groups in total. The third-order valence-corrected chi connectivity index (χ3v) is 5.49. The average molecular weight is 413 g/mol. The standard InChI is InChI=1S/C13H9BrCl2FNO2S/c1-7-4-9(2-3-10(7)14)21(19,20)18-8-5-11(15)13(17)12(16)6-8/h2-6,18H,1H3. The Kier molecular flexibility index (Phi) is 4.82. The summed E-state index contributed by atoms with van der Waals surface area (Å²) in [7, 11) is -3.81. The van der Waals surface area contributed by atoms with Crippen LogP contribution < -0.4 is 4.72 Å². The molecule has 3 nitrogen and oxygen atoms in total. The minimum atomic E-state index is -3.81. The second kappa shape index (κ2) is 6.12. The van der Waals surface area contributed by atoms with Crippen molar-refractivity contribution >= 4 is 54.8 Å². The maximum Gasteiger partial charge on any atom is 0.261 e. The summed E-state index contributed by atoms with van der Waals surface area (Å²) in [6.07, 6.45) is 0. The molecule has 0 aliphatic rings. The molecule has 2 aromatic carbocycles. The van der Waals surface area contributed by atoms with Crippen molar-refractivity contribution in [2.24, 2.45) is 0 Å². The summed E-state index contributed by atoms with van der Waals surface area (Å²) in [4.78, 5) is 0.0831. The van der Waals surface area contributed by atoms with Gasteiger partial charge < -0.3 is 0 Å². The van der Waals surface area contributed by atoms with Gasteiger partial charge in [-0.2, -0.15) is 0 Å². The zero-order valence-electron chi connectivity index (χ0n) is 10.6. The highest BCUT2D eigenvalue weighted by Crippen LogP contribution is 2.29. The van der Waals surface area contributed by atoms with Crippen molar-refractivity contribution in [3.63, 3.8) is 0 Å². The molecule has 0 saturated heterocycles. The topological polar surface area (TPSA) is 46.2 Å². The molecule has 0 aliphatic heterocycles. The smallest absolute Gasteiger partial charge is 0.261 e. The van der Waals surface area contributed by atoms with Crippen LogP contribution in [0.1, 0.15) is 5.56 Å². The molecule has 0 aliphatic carbocycles. The number of anilines is 1. The fourth-order valence-electron chi connectivity index (χ4n) is 1.61. The average Bonchev–Trinajstić information content (AvgIpc) is 2.38. The first-order chi connectivity index (χ1) is 9.70. The number of benzene rings is 2. The summed E-state index contributed by atoms with van der Waals surface area (Å²) in [5.74, 6) is -0.791. The second-order valence-electron chi connectivity index (χ2n) is 4.27. The van der Waals surface area contributed by atoms with E-state index in [1.165, 1.54) is 12.1 Å². The van der Waals surface area contributed by atoms with E-state index in [0.29, 0.717) is 0 Å². The van der Waals surface area contributed by atoms with E-state index in [4.69, 9.17) is 23.2 Å². The van der Waals surface area contributed by atoms with E-state index in [1.54, 1.807) is 13.0 Å². The van der Waals surface area contributed by atoms with Gasteiger partial charge in [0.15, 0.2) is 5.82 Å². The molecule has 0 atom stereocenters. The van der Waals surface area contributed by atoms with E-state index in [9.17, 15) is 12.8 Å². The molecule has 112 valence electrons. The molecule has 0 spiro atoms. The van der Waals surface area contributed by atoms with Gasteiger partial charge in [-0.1, -0.05) is 39.1 Å². The molecular formula is C13H9BrCl2FNO2S. The molecule has 21 heavy (non-hydrogen) atoms. The maximum atomic E-state index is 13.3. The van der Waals surface area contributed by atoms with Crippen LogP contribution in [0, 0.1) is 12.7 Å².